The van der Waals surface area contributed by atoms with Crippen LogP contribution in [0.3, 0.4) is 0 Å². The summed E-state index contributed by atoms with van der Waals surface area (Å²) in [7, 11) is 0. The molecule has 35 heavy (non-hydrogen) atoms. The molecule has 0 bridgehead atoms. The van der Waals surface area contributed by atoms with Crippen LogP contribution in [0.2, 0.25) is 0 Å². The highest BCUT2D eigenvalue weighted by atomic mass is 15.2. The fourth-order valence-corrected chi connectivity index (χ4v) is 5.11. The summed E-state index contributed by atoms with van der Waals surface area (Å²) in [6, 6.07) is 19.1. The number of fused-ring (bicyclic) bond motifs is 1. The van der Waals surface area contributed by atoms with Crippen molar-refractivity contribution in [2.24, 2.45) is 5.92 Å². The molecule has 6 rings (SSSR count). The standard InChI is InChI=1S/C28H29N7/c29-13-11-25-17-31-27(23-10-9-21-4-1-2-5-22(21)16-23)35(25)26-12-14-30-28(33-26)32-24-6-3-15-34(19-24)18-20-7-8-20/h1-2,4-5,9-10,12,14,16-17,20,24H,3,6-8,11,15,18-19H2,(H,30,32,33). The van der Waals surface area contributed by atoms with Crippen LogP contribution < -0.4 is 5.32 Å². The molecule has 1 unspecified atom stereocenters. The van der Waals surface area contributed by atoms with Gasteiger partial charge in [-0.15, -0.1) is 0 Å². The first-order valence-corrected chi connectivity index (χ1v) is 12.5. The second-order valence-corrected chi connectivity index (χ2v) is 9.73. The number of nitrogens with one attached hydrogen (secondary N) is 1. The van der Waals surface area contributed by atoms with Crippen molar-refractivity contribution in [1.29, 1.82) is 5.26 Å². The number of piperidine rings is 1. The van der Waals surface area contributed by atoms with Crippen molar-refractivity contribution in [2.75, 3.05) is 25.0 Å². The van der Waals surface area contributed by atoms with E-state index in [9.17, 15) is 5.26 Å². The Bertz CT molecular complexity index is 1380. The van der Waals surface area contributed by atoms with Crippen molar-refractivity contribution in [3.8, 4) is 23.3 Å². The SMILES string of the molecule is N#CCc1cnc(-c2ccc3ccccc3c2)n1-c1ccnc(NC2CCCN(CC3CC3)C2)n1. The second-order valence-electron chi connectivity index (χ2n) is 9.73. The Labute approximate surface area is 205 Å². The van der Waals surface area contributed by atoms with E-state index < -0.39 is 0 Å². The van der Waals surface area contributed by atoms with Gasteiger partial charge >= 0.3 is 0 Å². The van der Waals surface area contributed by atoms with Crippen LogP contribution in [0.1, 0.15) is 31.4 Å². The molecular weight excluding hydrogens is 434 g/mol. The van der Waals surface area contributed by atoms with Crippen LogP contribution in [-0.4, -0.2) is 50.1 Å². The summed E-state index contributed by atoms with van der Waals surface area (Å²) >= 11 is 0. The minimum atomic E-state index is 0.256. The van der Waals surface area contributed by atoms with Gasteiger partial charge in [0.1, 0.15) is 11.6 Å². The largest absolute Gasteiger partial charge is 0.350 e. The molecule has 3 heterocycles. The molecule has 0 radical (unpaired) electrons. The van der Waals surface area contributed by atoms with E-state index in [0.717, 1.165) is 47.2 Å². The van der Waals surface area contributed by atoms with Gasteiger partial charge in [0.25, 0.3) is 0 Å². The molecule has 2 aromatic carbocycles. The van der Waals surface area contributed by atoms with Crippen LogP contribution in [0, 0.1) is 17.2 Å². The molecule has 1 saturated heterocycles. The van der Waals surface area contributed by atoms with E-state index in [2.05, 4.69) is 51.6 Å². The average molecular weight is 464 g/mol. The zero-order valence-corrected chi connectivity index (χ0v) is 19.8. The van der Waals surface area contributed by atoms with Gasteiger partial charge < -0.3 is 10.2 Å². The third-order valence-corrected chi connectivity index (χ3v) is 7.02. The van der Waals surface area contributed by atoms with Crippen molar-refractivity contribution in [1.82, 2.24) is 24.4 Å². The molecular formula is C28H29N7. The third-order valence-electron chi connectivity index (χ3n) is 7.02. The molecule has 7 heteroatoms. The molecule has 1 saturated carbocycles. The Morgan fingerprint density at radius 2 is 1.91 bits per heavy atom. The molecule has 4 aromatic rings. The summed E-state index contributed by atoms with van der Waals surface area (Å²) < 4.78 is 1.99. The highest BCUT2D eigenvalue weighted by molar-refractivity contribution is 5.86. The second kappa shape index (κ2) is 9.47. The number of nitriles is 1. The quantitative estimate of drug-likeness (QED) is 0.423. The summed E-state index contributed by atoms with van der Waals surface area (Å²) in [5.74, 6) is 3.03. The van der Waals surface area contributed by atoms with E-state index >= 15 is 0 Å². The first-order chi connectivity index (χ1) is 17.3. The maximum atomic E-state index is 9.43. The van der Waals surface area contributed by atoms with E-state index in [1.165, 1.54) is 37.7 Å². The van der Waals surface area contributed by atoms with Gasteiger partial charge in [0.2, 0.25) is 5.95 Å². The Morgan fingerprint density at radius 3 is 2.77 bits per heavy atom. The predicted octanol–water partition coefficient (Wildman–Crippen LogP) is 4.83. The molecule has 7 nitrogen and oxygen atoms in total. The molecule has 2 aliphatic rings. The summed E-state index contributed by atoms with van der Waals surface area (Å²) in [5.41, 5.74) is 1.80. The van der Waals surface area contributed by atoms with E-state index in [-0.39, 0.29) is 6.42 Å². The fraction of sp³-hybridized carbons (Fsp3) is 0.357. The minimum absolute atomic E-state index is 0.256. The zero-order valence-electron chi connectivity index (χ0n) is 19.8. The average Bonchev–Trinajstić information content (AvgIpc) is 3.60. The molecule has 0 spiro atoms. The number of hydrogen-bond acceptors (Lipinski definition) is 6. The van der Waals surface area contributed by atoms with Crippen LogP contribution in [0.15, 0.2) is 60.9 Å². The fourth-order valence-electron chi connectivity index (χ4n) is 5.11. The lowest BCUT2D eigenvalue weighted by molar-refractivity contribution is 0.208. The van der Waals surface area contributed by atoms with E-state index in [0.29, 0.717) is 12.0 Å². The van der Waals surface area contributed by atoms with Crippen molar-refractivity contribution in [3.05, 3.63) is 66.6 Å². The van der Waals surface area contributed by atoms with Crippen LogP contribution in [0.5, 0.6) is 0 Å². The maximum Gasteiger partial charge on any atom is 0.224 e. The van der Waals surface area contributed by atoms with Gasteiger partial charge in [0, 0.05) is 30.9 Å². The van der Waals surface area contributed by atoms with Gasteiger partial charge in [-0.05, 0) is 61.1 Å². The molecule has 1 aliphatic carbocycles. The number of hydrogen-bond donors (Lipinski definition) is 1. The lowest BCUT2D eigenvalue weighted by Gasteiger charge is -2.33. The van der Waals surface area contributed by atoms with Crippen LogP contribution in [-0.2, 0) is 6.42 Å². The number of benzene rings is 2. The summed E-state index contributed by atoms with van der Waals surface area (Å²) in [4.78, 5) is 16.7. The molecule has 1 atom stereocenters. The monoisotopic (exact) mass is 463 g/mol. The first kappa shape index (κ1) is 21.8. The van der Waals surface area contributed by atoms with E-state index in [1.807, 2.05) is 22.8 Å². The number of likely N-dealkylation sites (tertiary alicyclic amines) is 1. The van der Waals surface area contributed by atoms with Gasteiger partial charge in [0.15, 0.2) is 0 Å². The summed E-state index contributed by atoms with van der Waals surface area (Å²) in [5, 5.41) is 15.3. The Morgan fingerprint density at radius 1 is 1.03 bits per heavy atom. The van der Waals surface area contributed by atoms with Gasteiger partial charge in [-0.2, -0.15) is 10.2 Å². The van der Waals surface area contributed by atoms with Crippen molar-refractivity contribution in [3.63, 3.8) is 0 Å². The van der Waals surface area contributed by atoms with Crippen LogP contribution in [0.25, 0.3) is 28.0 Å². The zero-order chi connectivity index (χ0) is 23.6. The molecule has 1 N–H and O–H groups in total. The molecule has 0 amide bonds. The summed E-state index contributed by atoms with van der Waals surface area (Å²) in [6.07, 6.45) is 8.91. The Balaban J connectivity index is 1.30. The van der Waals surface area contributed by atoms with Crippen molar-refractivity contribution < 1.29 is 0 Å². The topological polar surface area (TPSA) is 82.7 Å². The predicted molar refractivity (Wildman–Crippen MR) is 137 cm³/mol. The first-order valence-electron chi connectivity index (χ1n) is 12.5. The van der Waals surface area contributed by atoms with E-state index in [4.69, 9.17) is 9.97 Å². The highest BCUT2D eigenvalue weighted by Crippen LogP contribution is 2.31. The lowest BCUT2D eigenvalue weighted by Crippen LogP contribution is -2.43. The number of rotatable bonds is 7. The van der Waals surface area contributed by atoms with Gasteiger partial charge in [0.05, 0.1) is 24.4 Å². The number of imidazole rings is 1. The Kier molecular flexibility index (Phi) is 5.89. The molecule has 2 aromatic heterocycles. The van der Waals surface area contributed by atoms with Gasteiger partial charge in [-0.25, -0.2) is 9.97 Å². The maximum absolute atomic E-state index is 9.43. The van der Waals surface area contributed by atoms with E-state index in [1.54, 1.807) is 12.4 Å². The molecule has 176 valence electrons. The van der Waals surface area contributed by atoms with Crippen molar-refractivity contribution >= 4 is 16.7 Å². The van der Waals surface area contributed by atoms with Gasteiger partial charge in [-0.3, -0.25) is 4.57 Å². The number of nitrogens with zero attached hydrogens (tertiary/aromatic N) is 6. The molecule has 2 fully saturated rings. The normalized spacial score (nSPS) is 18.4. The highest BCUT2D eigenvalue weighted by Gasteiger charge is 2.28. The van der Waals surface area contributed by atoms with Crippen LogP contribution in [0.4, 0.5) is 5.95 Å². The Hall–Kier alpha value is -3.76. The number of anilines is 1. The summed E-state index contributed by atoms with van der Waals surface area (Å²) in [6.45, 7) is 3.45. The minimum Gasteiger partial charge on any atom is -0.350 e. The van der Waals surface area contributed by atoms with Gasteiger partial charge in [-0.1, -0.05) is 36.4 Å². The van der Waals surface area contributed by atoms with Crippen LogP contribution >= 0.6 is 0 Å². The third kappa shape index (κ3) is 4.75. The molecule has 1 aliphatic heterocycles. The number of aromatic nitrogens is 4. The lowest BCUT2D eigenvalue weighted by atomic mass is 10.1. The smallest absolute Gasteiger partial charge is 0.224 e. The van der Waals surface area contributed by atoms with Crippen molar-refractivity contribution in [2.45, 2.75) is 38.1 Å².